The number of halogens is 1. The van der Waals surface area contributed by atoms with Crippen molar-refractivity contribution in [1.82, 2.24) is 0 Å². The molecule has 0 bridgehead atoms. The van der Waals surface area contributed by atoms with Gasteiger partial charge in [-0.1, -0.05) is 45.0 Å². The van der Waals surface area contributed by atoms with E-state index in [4.69, 9.17) is 0 Å². The summed E-state index contributed by atoms with van der Waals surface area (Å²) >= 11 is 0. The van der Waals surface area contributed by atoms with Crippen molar-refractivity contribution in [3.05, 3.63) is 59.4 Å². The van der Waals surface area contributed by atoms with Gasteiger partial charge in [-0.25, -0.2) is 12.8 Å². The molecule has 27 heavy (non-hydrogen) atoms. The second kappa shape index (κ2) is 6.96. The zero-order valence-electron chi connectivity index (χ0n) is 15.6. The van der Waals surface area contributed by atoms with E-state index in [0.29, 0.717) is 12.2 Å². The Morgan fingerprint density at radius 1 is 1.19 bits per heavy atom. The summed E-state index contributed by atoms with van der Waals surface area (Å²) in [5.41, 5.74) is 1.67. The van der Waals surface area contributed by atoms with Gasteiger partial charge in [0.05, 0.1) is 11.4 Å². The van der Waals surface area contributed by atoms with Crippen LogP contribution in [0.5, 0.6) is 0 Å². The van der Waals surface area contributed by atoms with E-state index in [2.05, 4.69) is 4.72 Å². The smallest absolute Gasteiger partial charge is 0.237 e. The first-order valence-electron chi connectivity index (χ1n) is 8.76. The lowest BCUT2D eigenvalue weighted by Crippen LogP contribution is -2.38. The molecule has 7 heteroatoms. The number of hydrogen-bond donors (Lipinski definition) is 1. The first kappa shape index (κ1) is 19.4. The molecule has 1 N–H and O–H groups in total. The predicted molar refractivity (Wildman–Crippen MR) is 105 cm³/mol. The third kappa shape index (κ3) is 4.30. The Morgan fingerprint density at radius 2 is 1.89 bits per heavy atom. The number of carbonyl (C=O) groups excluding carboxylic acids is 1. The fourth-order valence-corrected chi connectivity index (χ4v) is 4.30. The van der Waals surface area contributed by atoms with Crippen molar-refractivity contribution in [3.63, 3.8) is 0 Å². The maximum Gasteiger partial charge on any atom is 0.237 e. The molecule has 0 unspecified atom stereocenters. The van der Waals surface area contributed by atoms with Gasteiger partial charge >= 0.3 is 0 Å². The number of benzene rings is 2. The average Bonchev–Trinajstić information content (AvgIpc) is 2.98. The lowest BCUT2D eigenvalue weighted by molar-refractivity contribution is -0.125. The summed E-state index contributed by atoms with van der Waals surface area (Å²) in [7, 11) is -3.79. The van der Waals surface area contributed by atoms with Crippen LogP contribution >= 0.6 is 0 Å². The van der Waals surface area contributed by atoms with Crippen LogP contribution in [0, 0.1) is 11.2 Å². The molecule has 2 aromatic carbocycles. The highest BCUT2D eigenvalue weighted by Gasteiger charge is 2.32. The molecule has 0 aliphatic carbocycles. The highest BCUT2D eigenvalue weighted by molar-refractivity contribution is 7.91. The summed E-state index contributed by atoms with van der Waals surface area (Å²) in [5.74, 6) is -1.02. The zero-order valence-corrected chi connectivity index (χ0v) is 16.4. The van der Waals surface area contributed by atoms with Gasteiger partial charge in [0.2, 0.25) is 15.9 Å². The van der Waals surface area contributed by atoms with E-state index >= 15 is 0 Å². The van der Waals surface area contributed by atoms with Crippen LogP contribution in [0.1, 0.15) is 31.9 Å². The Balaban J connectivity index is 1.83. The molecule has 0 saturated carbocycles. The average molecular weight is 390 g/mol. The fourth-order valence-electron chi connectivity index (χ4n) is 3.09. The standard InChI is InChI=1S/C20H23FN2O3S/c1-20(2,3)19(24)23-11-10-14-8-9-16(12-18(14)23)22-27(25,26)13-15-6-4-5-7-17(15)21/h4-9,12,22H,10-11,13H2,1-3H3. The molecule has 1 aliphatic rings. The Labute approximate surface area is 159 Å². The number of hydrogen-bond acceptors (Lipinski definition) is 3. The minimum Gasteiger partial charge on any atom is -0.311 e. The third-order valence-electron chi connectivity index (χ3n) is 4.44. The van der Waals surface area contributed by atoms with E-state index in [1.54, 1.807) is 23.1 Å². The molecular weight excluding hydrogens is 367 g/mol. The molecule has 1 heterocycles. The van der Waals surface area contributed by atoms with Crippen LogP contribution in [0.25, 0.3) is 0 Å². The molecule has 0 atom stereocenters. The normalized spacial score (nSPS) is 14.1. The monoisotopic (exact) mass is 390 g/mol. The van der Waals surface area contributed by atoms with Crippen LogP contribution in [-0.2, 0) is 27.0 Å². The van der Waals surface area contributed by atoms with Gasteiger partial charge in [0.25, 0.3) is 0 Å². The number of amides is 1. The summed E-state index contributed by atoms with van der Waals surface area (Å²) in [6, 6.07) is 11.0. The van der Waals surface area contributed by atoms with E-state index in [1.165, 1.54) is 18.2 Å². The summed E-state index contributed by atoms with van der Waals surface area (Å²) in [6.45, 7) is 6.15. The van der Waals surface area contributed by atoms with Gasteiger partial charge in [0, 0.05) is 23.2 Å². The van der Waals surface area contributed by atoms with Crippen molar-refractivity contribution < 1.29 is 17.6 Å². The third-order valence-corrected chi connectivity index (χ3v) is 5.68. The largest absolute Gasteiger partial charge is 0.311 e. The van der Waals surface area contributed by atoms with Crippen LogP contribution in [-0.4, -0.2) is 20.9 Å². The minimum absolute atomic E-state index is 0.00684. The Hall–Kier alpha value is -2.41. The van der Waals surface area contributed by atoms with Crippen LogP contribution < -0.4 is 9.62 Å². The van der Waals surface area contributed by atoms with Crippen molar-refractivity contribution >= 4 is 27.3 Å². The minimum atomic E-state index is -3.79. The molecular formula is C20H23FN2O3S. The maximum atomic E-state index is 13.8. The van der Waals surface area contributed by atoms with E-state index in [0.717, 1.165) is 17.7 Å². The van der Waals surface area contributed by atoms with Gasteiger partial charge < -0.3 is 4.90 Å². The number of nitrogens with one attached hydrogen (secondary N) is 1. The van der Waals surface area contributed by atoms with E-state index in [9.17, 15) is 17.6 Å². The highest BCUT2D eigenvalue weighted by atomic mass is 32.2. The second-order valence-electron chi connectivity index (χ2n) is 7.75. The fraction of sp³-hybridized carbons (Fsp3) is 0.350. The van der Waals surface area contributed by atoms with E-state index < -0.39 is 27.0 Å². The van der Waals surface area contributed by atoms with E-state index in [-0.39, 0.29) is 11.5 Å². The summed E-state index contributed by atoms with van der Waals surface area (Å²) < 4.78 is 41.1. The van der Waals surface area contributed by atoms with Gasteiger partial charge in [-0.05, 0) is 30.2 Å². The van der Waals surface area contributed by atoms with Crippen molar-refractivity contribution in [2.24, 2.45) is 5.41 Å². The van der Waals surface area contributed by atoms with Gasteiger partial charge in [-0.3, -0.25) is 9.52 Å². The van der Waals surface area contributed by atoms with E-state index in [1.807, 2.05) is 26.8 Å². The lowest BCUT2D eigenvalue weighted by Gasteiger charge is -2.26. The maximum absolute atomic E-state index is 13.8. The summed E-state index contributed by atoms with van der Waals surface area (Å²) in [5, 5.41) is 0. The number of nitrogens with zero attached hydrogens (tertiary/aromatic N) is 1. The number of carbonyl (C=O) groups is 1. The van der Waals surface area contributed by atoms with Gasteiger partial charge in [0.15, 0.2) is 0 Å². The van der Waals surface area contributed by atoms with Gasteiger partial charge in [0.1, 0.15) is 5.82 Å². The first-order chi connectivity index (χ1) is 12.6. The second-order valence-corrected chi connectivity index (χ2v) is 9.48. The number of rotatable bonds is 4. The van der Waals surface area contributed by atoms with Crippen molar-refractivity contribution in [2.75, 3.05) is 16.2 Å². The highest BCUT2D eigenvalue weighted by Crippen LogP contribution is 2.34. The van der Waals surface area contributed by atoms with Crippen LogP contribution in [0.3, 0.4) is 0 Å². The van der Waals surface area contributed by atoms with Gasteiger partial charge in [-0.2, -0.15) is 0 Å². The Bertz CT molecular complexity index is 981. The van der Waals surface area contributed by atoms with Crippen LogP contribution in [0.2, 0.25) is 0 Å². The molecule has 144 valence electrons. The number of anilines is 2. The molecule has 3 rings (SSSR count). The summed E-state index contributed by atoms with van der Waals surface area (Å²) in [4.78, 5) is 14.3. The lowest BCUT2D eigenvalue weighted by atomic mass is 9.94. The Kier molecular flexibility index (Phi) is 4.99. The van der Waals surface area contributed by atoms with Crippen molar-refractivity contribution in [2.45, 2.75) is 32.9 Å². The predicted octanol–water partition coefficient (Wildman–Crippen LogP) is 3.70. The van der Waals surface area contributed by atoms with Gasteiger partial charge in [-0.15, -0.1) is 0 Å². The molecule has 1 amide bonds. The molecule has 0 radical (unpaired) electrons. The molecule has 2 aromatic rings. The SMILES string of the molecule is CC(C)(C)C(=O)N1CCc2ccc(NS(=O)(=O)Cc3ccccc3F)cc21. The molecule has 0 spiro atoms. The van der Waals surface area contributed by atoms with Crippen LogP contribution in [0.4, 0.5) is 15.8 Å². The first-order valence-corrected chi connectivity index (χ1v) is 10.4. The topological polar surface area (TPSA) is 66.5 Å². The summed E-state index contributed by atoms with van der Waals surface area (Å²) in [6.07, 6.45) is 0.736. The molecule has 5 nitrogen and oxygen atoms in total. The Morgan fingerprint density at radius 3 is 2.56 bits per heavy atom. The van der Waals surface area contributed by atoms with Crippen molar-refractivity contribution in [1.29, 1.82) is 0 Å². The molecule has 0 saturated heterocycles. The molecule has 1 aliphatic heterocycles. The van der Waals surface area contributed by atoms with Crippen molar-refractivity contribution in [3.8, 4) is 0 Å². The molecule has 0 aromatic heterocycles. The molecule has 0 fully saturated rings. The quantitative estimate of drug-likeness (QED) is 0.866. The number of fused-ring (bicyclic) bond motifs is 1. The van der Waals surface area contributed by atoms with Crippen LogP contribution in [0.15, 0.2) is 42.5 Å². The number of sulfonamides is 1. The zero-order chi connectivity index (χ0) is 19.8.